The SMILES string of the molecule is CC1(C)c2cc(N3CCN(C4COC4)CC3)ccc2C(=O)c2c1[nH]c1cc(N)ccc21. The molecule has 3 aromatic rings. The number of benzene rings is 2. The number of fused-ring (bicyclic) bond motifs is 4. The molecule has 6 rings (SSSR count). The maximum atomic E-state index is 13.5. The molecule has 160 valence electrons. The first-order chi connectivity index (χ1) is 14.9. The van der Waals surface area contributed by atoms with Gasteiger partial charge in [0.1, 0.15) is 0 Å². The highest BCUT2D eigenvalue weighted by molar-refractivity contribution is 6.20. The van der Waals surface area contributed by atoms with E-state index in [0.29, 0.717) is 11.7 Å². The lowest BCUT2D eigenvalue weighted by atomic mass is 9.71. The first-order valence-electron chi connectivity index (χ1n) is 11.1. The number of nitrogens with one attached hydrogen (secondary N) is 1. The minimum absolute atomic E-state index is 0.0988. The number of aromatic nitrogens is 1. The van der Waals surface area contributed by atoms with E-state index >= 15 is 0 Å². The van der Waals surface area contributed by atoms with Crippen molar-refractivity contribution in [1.29, 1.82) is 0 Å². The Hall–Kier alpha value is -2.83. The molecule has 0 atom stereocenters. The maximum absolute atomic E-state index is 13.5. The molecule has 0 spiro atoms. The van der Waals surface area contributed by atoms with Gasteiger partial charge in [-0.15, -0.1) is 0 Å². The van der Waals surface area contributed by atoms with E-state index in [0.717, 1.165) is 72.7 Å². The Balaban J connectivity index is 1.36. The molecule has 2 saturated heterocycles. The number of rotatable bonds is 2. The van der Waals surface area contributed by atoms with Crippen molar-refractivity contribution in [2.75, 3.05) is 50.0 Å². The summed E-state index contributed by atoms with van der Waals surface area (Å²) in [5.41, 5.74) is 12.2. The highest BCUT2D eigenvalue weighted by Crippen LogP contribution is 2.45. The van der Waals surface area contributed by atoms with Gasteiger partial charge >= 0.3 is 0 Å². The zero-order chi connectivity index (χ0) is 21.3. The molecule has 2 fully saturated rings. The number of nitrogens with two attached hydrogens (primary N) is 1. The van der Waals surface area contributed by atoms with Crippen LogP contribution in [0.25, 0.3) is 10.9 Å². The van der Waals surface area contributed by atoms with Gasteiger partial charge in [0.05, 0.1) is 24.8 Å². The van der Waals surface area contributed by atoms with Crippen molar-refractivity contribution in [2.45, 2.75) is 25.3 Å². The van der Waals surface area contributed by atoms with Gasteiger partial charge in [-0.05, 0) is 35.9 Å². The third kappa shape index (κ3) is 2.75. The van der Waals surface area contributed by atoms with Crippen LogP contribution in [0.2, 0.25) is 0 Å². The summed E-state index contributed by atoms with van der Waals surface area (Å²) in [4.78, 5) is 22.0. The van der Waals surface area contributed by atoms with Crippen LogP contribution in [0.15, 0.2) is 36.4 Å². The van der Waals surface area contributed by atoms with E-state index in [1.54, 1.807) is 0 Å². The fraction of sp³-hybridized carbons (Fsp3) is 0.400. The predicted molar refractivity (Wildman–Crippen MR) is 123 cm³/mol. The van der Waals surface area contributed by atoms with Gasteiger partial charge in [0.25, 0.3) is 0 Å². The first-order valence-corrected chi connectivity index (χ1v) is 11.1. The summed E-state index contributed by atoms with van der Waals surface area (Å²) in [6.45, 7) is 10.3. The number of aromatic amines is 1. The third-order valence-corrected chi connectivity index (χ3v) is 7.41. The summed E-state index contributed by atoms with van der Waals surface area (Å²) in [6, 6.07) is 12.7. The van der Waals surface area contributed by atoms with Crippen LogP contribution in [0.1, 0.15) is 41.0 Å². The monoisotopic (exact) mass is 416 g/mol. The van der Waals surface area contributed by atoms with Gasteiger partial charge in [-0.1, -0.05) is 19.9 Å². The van der Waals surface area contributed by atoms with Gasteiger partial charge in [-0.3, -0.25) is 9.69 Å². The number of ketones is 1. The smallest absolute Gasteiger partial charge is 0.195 e. The van der Waals surface area contributed by atoms with Crippen molar-refractivity contribution in [3.05, 3.63) is 58.8 Å². The number of ether oxygens (including phenoxy) is 1. The summed E-state index contributed by atoms with van der Waals surface area (Å²) in [5.74, 6) is 0.0988. The molecule has 3 N–H and O–H groups in total. The van der Waals surface area contributed by atoms with Gasteiger partial charge in [-0.25, -0.2) is 0 Å². The van der Waals surface area contributed by atoms with Crippen LogP contribution >= 0.6 is 0 Å². The molecule has 0 bridgehead atoms. The minimum atomic E-state index is -0.298. The van der Waals surface area contributed by atoms with Crippen LogP contribution in [0.4, 0.5) is 11.4 Å². The molecule has 6 heteroatoms. The highest BCUT2D eigenvalue weighted by Gasteiger charge is 2.40. The molecule has 3 aliphatic rings. The number of H-pyrrole nitrogens is 1. The van der Waals surface area contributed by atoms with Gasteiger partial charge in [-0.2, -0.15) is 0 Å². The standard InChI is InChI=1S/C25H28N4O2/c1-25(2)20-12-16(28-7-9-29(10-8-28)17-13-31-14-17)4-6-18(20)23(30)22-19-5-3-15(26)11-21(19)27-24(22)25/h3-6,11-12,17,27H,7-10,13-14,26H2,1-2H3. The summed E-state index contributed by atoms with van der Waals surface area (Å²) >= 11 is 0. The zero-order valence-electron chi connectivity index (χ0n) is 18.1. The molecule has 3 heterocycles. The summed E-state index contributed by atoms with van der Waals surface area (Å²) in [7, 11) is 0. The molecule has 2 aliphatic heterocycles. The number of nitrogen functional groups attached to an aromatic ring is 1. The summed E-state index contributed by atoms with van der Waals surface area (Å²) in [5, 5.41) is 0.952. The normalized spacial score (nSPS) is 21.1. The lowest BCUT2D eigenvalue weighted by Crippen LogP contribution is -2.56. The molecular formula is C25H28N4O2. The number of nitrogens with zero attached hydrogens (tertiary/aromatic N) is 2. The minimum Gasteiger partial charge on any atom is -0.399 e. The third-order valence-electron chi connectivity index (χ3n) is 7.41. The Bertz CT molecular complexity index is 1200. The molecule has 0 saturated carbocycles. The lowest BCUT2D eigenvalue weighted by molar-refractivity contribution is -0.0660. The predicted octanol–water partition coefficient (Wildman–Crippen LogP) is 3.14. The van der Waals surface area contributed by atoms with Crippen LogP contribution in [0, 0.1) is 0 Å². The van der Waals surface area contributed by atoms with Crippen LogP contribution in [-0.4, -0.2) is 61.1 Å². The van der Waals surface area contributed by atoms with Crippen molar-refractivity contribution in [2.24, 2.45) is 0 Å². The second kappa shape index (κ2) is 6.58. The second-order valence-corrected chi connectivity index (χ2v) is 9.58. The molecule has 0 unspecified atom stereocenters. The summed E-state index contributed by atoms with van der Waals surface area (Å²) in [6.07, 6.45) is 0. The molecule has 31 heavy (non-hydrogen) atoms. The molecule has 0 amide bonds. The maximum Gasteiger partial charge on any atom is 0.195 e. The molecule has 1 aliphatic carbocycles. The number of hydrogen-bond donors (Lipinski definition) is 2. The van der Waals surface area contributed by atoms with E-state index in [9.17, 15) is 4.79 Å². The highest BCUT2D eigenvalue weighted by atomic mass is 16.5. The van der Waals surface area contributed by atoms with E-state index in [4.69, 9.17) is 10.5 Å². The van der Waals surface area contributed by atoms with E-state index in [1.165, 1.54) is 5.69 Å². The number of hydrogen-bond acceptors (Lipinski definition) is 5. The largest absolute Gasteiger partial charge is 0.399 e. The summed E-state index contributed by atoms with van der Waals surface area (Å²) < 4.78 is 5.35. The molecule has 0 radical (unpaired) electrons. The van der Waals surface area contributed by atoms with Gasteiger partial charge in [0, 0.05) is 65.1 Å². The number of anilines is 2. The average molecular weight is 417 g/mol. The second-order valence-electron chi connectivity index (χ2n) is 9.58. The van der Waals surface area contributed by atoms with Crippen molar-refractivity contribution in [3.63, 3.8) is 0 Å². The van der Waals surface area contributed by atoms with Crippen LogP contribution < -0.4 is 10.6 Å². The van der Waals surface area contributed by atoms with Crippen molar-refractivity contribution in [3.8, 4) is 0 Å². The van der Waals surface area contributed by atoms with E-state index in [2.05, 4.69) is 40.8 Å². The van der Waals surface area contributed by atoms with Crippen molar-refractivity contribution in [1.82, 2.24) is 9.88 Å². The molecule has 1 aromatic heterocycles. The Morgan fingerprint density at radius 3 is 2.55 bits per heavy atom. The quantitative estimate of drug-likeness (QED) is 0.628. The van der Waals surface area contributed by atoms with Crippen molar-refractivity contribution < 1.29 is 9.53 Å². The first kappa shape index (κ1) is 18.9. The number of carbonyl (C=O) groups is 1. The van der Waals surface area contributed by atoms with E-state index in [1.807, 2.05) is 24.3 Å². The topological polar surface area (TPSA) is 74.6 Å². The van der Waals surface area contributed by atoms with Crippen LogP contribution in [0.5, 0.6) is 0 Å². The average Bonchev–Trinajstić information content (AvgIpc) is 3.11. The Labute approximate surface area is 182 Å². The molecular weight excluding hydrogens is 388 g/mol. The van der Waals surface area contributed by atoms with Crippen molar-refractivity contribution >= 4 is 28.1 Å². The van der Waals surface area contributed by atoms with Gasteiger partial charge in [0.15, 0.2) is 5.78 Å². The van der Waals surface area contributed by atoms with Crippen LogP contribution in [-0.2, 0) is 10.2 Å². The van der Waals surface area contributed by atoms with Crippen LogP contribution in [0.3, 0.4) is 0 Å². The van der Waals surface area contributed by atoms with Gasteiger partial charge < -0.3 is 20.4 Å². The Morgan fingerprint density at radius 1 is 1.06 bits per heavy atom. The number of piperazine rings is 1. The fourth-order valence-electron chi connectivity index (χ4n) is 5.41. The fourth-order valence-corrected chi connectivity index (χ4v) is 5.41. The lowest BCUT2D eigenvalue weighted by Gasteiger charge is -2.43. The Morgan fingerprint density at radius 2 is 1.84 bits per heavy atom. The number of carbonyl (C=O) groups excluding carboxylic acids is 1. The van der Waals surface area contributed by atoms with E-state index < -0.39 is 0 Å². The molecule has 2 aromatic carbocycles. The van der Waals surface area contributed by atoms with Gasteiger partial charge in [0.2, 0.25) is 0 Å². The molecule has 6 nitrogen and oxygen atoms in total. The van der Waals surface area contributed by atoms with E-state index in [-0.39, 0.29) is 11.2 Å². The zero-order valence-corrected chi connectivity index (χ0v) is 18.1. The Kier molecular flexibility index (Phi) is 4.01.